The van der Waals surface area contributed by atoms with E-state index in [0.717, 1.165) is 12.8 Å². The van der Waals surface area contributed by atoms with Gasteiger partial charge in [-0.05, 0) is 42.7 Å². The highest BCUT2D eigenvalue weighted by molar-refractivity contribution is 5.89. The SMILES string of the molecule is CC1CC(OC(=O)c2cc(F)c(F)c(F)c2)CC(C)(C)C1. The van der Waals surface area contributed by atoms with Crippen molar-refractivity contribution in [2.45, 2.75) is 46.1 Å². The van der Waals surface area contributed by atoms with Crippen molar-refractivity contribution in [3.8, 4) is 0 Å². The second kappa shape index (κ2) is 5.70. The third-order valence-corrected chi connectivity index (χ3v) is 3.84. The Balaban J connectivity index is 2.11. The fraction of sp³-hybridized carbons (Fsp3) is 0.562. The number of carbonyl (C=O) groups excluding carboxylic acids is 1. The minimum absolute atomic E-state index is 0.0574. The van der Waals surface area contributed by atoms with Gasteiger partial charge in [0, 0.05) is 0 Å². The van der Waals surface area contributed by atoms with E-state index in [9.17, 15) is 18.0 Å². The van der Waals surface area contributed by atoms with Gasteiger partial charge in [-0.15, -0.1) is 0 Å². The zero-order valence-electron chi connectivity index (χ0n) is 12.4. The monoisotopic (exact) mass is 300 g/mol. The van der Waals surface area contributed by atoms with Crippen molar-refractivity contribution in [3.05, 3.63) is 35.1 Å². The Hall–Kier alpha value is -1.52. The molecule has 1 fully saturated rings. The lowest BCUT2D eigenvalue weighted by atomic mass is 9.71. The van der Waals surface area contributed by atoms with Crippen LogP contribution < -0.4 is 0 Å². The summed E-state index contributed by atoms with van der Waals surface area (Å²) in [6.07, 6.45) is 2.18. The summed E-state index contributed by atoms with van der Waals surface area (Å²) in [5.41, 5.74) is -0.246. The van der Waals surface area contributed by atoms with Crippen molar-refractivity contribution >= 4 is 5.97 Å². The van der Waals surface area contributed by atoms with E-state index < -0.39 is 23.4 Å². The average Bonchev–Trinajstić information content (AvgIpc) is 2.32. The molecule has 2 nitrogen and oxygen atoms in total. The van der Waals surface area contributed by atoms with Crippen LogP contribution in [0.3, 0.4) is 0 Å². The zero-order chi connectivity index (χ0) is 15.8. The molecule has 0 spiro atoms. The largest absolute Gasteiger partial charge is 0.459 e. The van der Waals surface area contributed by atoms with Crippen LogP contribution in [-0.2, 0) is 4.74 Å². The molecule has 2 unspecified atom stereocenters. The van der Waals surface area contributed by atoms with Crippen molar-refractivity contribution in [1.82, 2.24) is 0 Å². The van der Waals surface area contributed by atoms with Crippen molar-refractivity contribution in [3.63, 3.8) is 0 Å². The Morgan fingerprint density at radius 1 is 1.19 bits per heavy atom. The minimum Gasteiger partial charge on any atom is -0.459 e. The van der Waals surface area contributed by atoms with Gasteiger partial charge >= 0.3 is 5.97 Å². The van der Waals surface area contributed by atoms with Crippen LogP contribution in [0.15, 0.2) is 12.1 Å². The van der Waals surface area contributed by atoms with E-state index in [0.29, 0.717) is 24.5 Å². The Kier molecular flexibility index (Phi) is 4.30. The summed E-state index contributed by atoms with van der Waals surface area (Å²) in [7, 11) is 0. The summed E-state index contributed by atoms with van der Waals surface area (Å²) in [5.74, 6) is -4.77. The second-order valence-corrected chi connectivity index (χ2v) is 6.69. The Labute approximate surface area is 122 Å². The van der Waals surface area contributed by atoms with Crippen LogP contribution in [0, 0.1) is 28.8 Å². The predicted octanol–water partition coefficient (Wildman–Crippen LogP) is 4.48. The molecule has 0 amide bonds. The highest BCUT2D eigenvalue weighted by Crippen LogP contribution is 2.39. The van der Waals surface area contributed by atoms with E-state index in [1.807, 2.05) is 0 Å². The van der Waals surface area contributed by atoms with E-state index >= 15 is 0 Å². The molecular weight excluding hydrogens is 281 g/mol. The first-order chi connectivity index (χ1) is 9.68. The third kappa shape index (κ3) is 3.77. The van der Waals surface area contributed by atoms with Gasteiger partial charge in [0.2, 0.25) is 0 Å². The average molecular weight is 300 g/mol. The molecule has 0 radical (unpaired) electrons. The van der Waals surface area contributed by atoms with E-state index in [2.05, 4.69) is 20.8 Å². The summed E-state index contributed by atoms with van der Waals surface area (Å²) in [5, 5.41) is 0. The molecule has 1 aliphatic carbocycles. The molecule has 2 rings (SSSR count). The Bertz CT molecular complexity index is 531. The van der Waals surface area contributed by atoms with Crippen molar-refractivity contribution in [1.29, 1.82) is 0 Å². The molecule has 1 saturated carbocycles. The Morgan fingerprint density at radius 3 is 2.29 bits per heavy atom. The summed E-state index contributed by atoms with van der Waals surface area (Å²) >= 11 is 0. The molecular formula is C16H19F3O2. The van der Waals surface area contributed by atoms with Gasteiger partial charge in [0.1, 0.15) is 6.10 Å². The van der Waals surface area contributed by atoms with Crippen molar-refractivity contribution in [2.24, 2.45) is 11.3 Å². The Morgan fingerprint density at radius 2 is 1.76 bits per heavy atom. The number of halogens is 3. The molecule has 1 aliphatic rings. The lowest BCUT2D eigenvalue weighted by molar-refractivity contribution is -0.00724. The number of rotatable bonds is 2. The number of benzene rings is 1. The lowest BCUT2D eigenvalue weighted by Crippen LogP contribution is -2.34. The standard InChI is InChI=1S/C16H19F3O2/c1-9-4-11(8-16(2,3)7-9)21-15(20)10-5-12(17)14(19)13(18)6-10/h5-6,9,11H,4,7-8H2,1-3H3. The molecule has 0 aromatic heterocycles. The molecule has 1 aromatic carbocycles. The van der Waals surface area contributed by atoms with Gasteiger partial charge in [-0.3, -0.25) is 0 Å². The third-order valence-electron chi connectivity index (χ3n) is 3.84. The molecule has 21 heavy (non-hydrogen) atoms. The molecule has 0 heterocycles. The first-order valence-electron chi connectivity index (χ1n) is 7.03. The quantitative estimate of drug-likeness (QED) is 0.595. The minimum atomic E-state index is -1.58. The second-order valence-electron chi connectivity index (χ2n) is 6.69. The van der Waals surface area contributed by atoms with Crippen LogP contribution in [0.2, 0.25) is 0 Å². The summed E-state index contributed by atoms with van der Waals surface area (Å²) in [4.78, 5) is 12.0. The summed E-state index contributed by atoms with van der Waals surface area (Å²) < 4.78 is 44.5. The normalized spacial score (nSPS) is 24.7. The highest BCUT2D eigenvalue weighted by atomic mass is 19.2. The van der Waals surface area contributed by atoms with E-state index in [-0.39, 0.29) is 17.1 Å². The van der Waals surface area contributed by atoms with Gasteiger partial charge in [-0.25, -0.2) is 18.0 Å². The maximum atomic E-state index is 13.1. The summed E-state index contributed by atoms with van der Waals surface area (Å²) in [6, 6.07) is 1.33. The molecule has 0 saturated heterocycles. The van der Waals surface area contributed by atoms with Gasteiger partial charge in [0.15, 0.2) is 17.5 Å². The van der Waals surface area contributed by atoms with Crippen LogP contribution in [-0.4, -0.2) is 12.1 Å². The zero-order valence-corrected chi connectivity index (χ0v) is 12.4. The van der Waals surface area contributed by atoms with E-state index in [4.69, 9.17) is 4.74 Å². The van der Waals surface area contributed by atoms with E-state index in [1.165, 1.54) is 0 Å². The number of hydrogen-bond donors (Lipinski definition) is 0. The number of hydrogen-bond acceptors (Lipinski definition) is 2. The fourth-order valence-electron chi connectivity index (χ4n) is 3.24. The molecule has 0 aliphatic heterocycles. The first kappa shape index (κ1) is 15.9. The van der Waals surface area contributed by atoms with Gasteiger partial charge in [-0.2, -0.15) is 0 Å². The van der Waals surface area contributed by atoms with Gasteiger partial charge in [0.25, 0.3) is 0 Å². The number of ether oxygens (including phenoxy) is 1. The van der Waals surface area contributed by atoms with Crippen LogP contribution in [0.1, 0.15) is 50.4 Å². The highest BCUT2D eigenvalue weighted by Gasteiger charge is 2.34. The van der Waals surface area contributed by atoms with Gasteiger partial charge in [0.05, 0.1) is 5.56 Å². The van der Waals surface area contributed by atoms with Crippen molar-refractivity contribution in [2.75, 3.05) is 0 Å². The van der Waals surface area contributed by atoms with Crippen LogP contribution in [0.5, 0.6) is 0 Å². The van der Waals surface area contributed by atoms with Crippen LogP contribution in [0.25, 0.3) is 0 Å². The number of esters is 1. The van der Waals surface area contributed by atoms with E-state index in [1.54, 1.807) is 0 Å². The smallest absolute Gasteiger partial charge is 0.338 e. The maximum Gasteiger partial charge on any atom is 0.338 e. The molecule has 5 heteroatoms. The van der Waals surface area contributed by atoms with Crippen LogP contribution in [0.4, 0.5) is 13.2 Å². The topological polar surface area (TPSA) is 26.3 Å². The predicted molar refractivity (Wildman–Crippen MR) is 72.3 cm³/mol. The van der Waals surface area contributed by atoms with Gasteiger partial charge in [-0.1, -0.05) is 20.8 Å². The molecule has 1 aromatic rings. The maximum absolute atomic E-state index is 13.1. The molecule has 0 N–H and O–H groups in total. The first-order valence-corrected chi connectivity index (χ1v) is 7.03. The molecule has 0 bridgehead atoms. The summed E-state index contributed by atoms with van der Waals surface area (Å²) in [6.45, 7) is 6.28. The fourth-order valence-corrected chi connectivity index (χ4v) is 3.24. The van der Waals surface area contributed by atoms with Crippen LogP contribution >= 0.6 is 0 Å². The lowest BCUT2D eigenvalue weighted by Gasteiger charge is -2.38. The molecule has 116 valence electrons. The van der Waals surface area contributed by atoms with Crippen molar-refractivity contribution < 1.29 is 22.7 Å². The molecule has 2 atom stereocenters. The van der Waals surface area contributed by atoms with Gasteiger partial charge < -0.3 is 4.74 Å². The number of carbonyl (C=O) groups is 1.